The Bertz CT molecular complexity index is 861. The number of nitrogens with zero attached hydrogens (tertiary/aromatic N) is 1. The maximum atomic E-state index is 12.5. The van der Waals surface area contributed by atoms with Crippen LogP contribution < -0.4 is 10.2 Å². The molecule has 0 aliphatic carbocycles. The lowest BCUT2D eigenvalue weighted by Gasteiger charge is -2.09. The highest BCUT2D eigenvalue weighted by molar-refractivity contribution is 5.96. The molecule has 0 fully saturated rings. The molecule has 142 valence electrons. The lowest BCUT2D eigenvalue weighted by atomic mass is 10.0. The molecule has 1 N–H and O–H groups in total. The number of ether oxygens (including phenoxy) is 1. The Morgan fingerprint density at radius 2 is 1.36 bits per heavy atom. The van der Waals surface area contributed by atoms with Gasteiger partial charge in [-0.1, -0.05) is 60.7 Å². The van der Waals surface area contributed by atoms with Crippen LogP contribution >= 0.6 is 0 Å². The van der Waals surface area contributed by atoms with Crippen LogP contribution in [-0.4, -0.2) is 18.2 Å². The number of hydrogen-bond donors (Lipinski definition) is 1. The van der Waals surface area contributed by atoms with Gasteiger partial charge in [0.25, 0.3) is 5.91 Å². The summed E-state index contributed by atoms with van der Waals surface area (Å²) in [4.78, 5) is 12.5. The summed E-state index contributed by atoms with van der Waals surface area (Å²) in [5, 5.41) is 4.44. The molecule has 0 aliphatic heterocycles. The van der Waals surface area contributed by atoms with Crippen LogP contribution in [0.4, 0.5) is 0 Å². The molecule has 1 amide bonds. The molecule has 0 spiro atoms. The Kier molecular flexibility index (Phi) is 6.96. The van der Waals surface area contributed by atoms with Crippen molar-refractivity contribution in [2.24, 2.45) is 5.10 Å². The monoisotopic (exact) mass is 372 g/mol. The third-order valence-electron chi connectivity index (χ3n) is 4.25. The molecule has 0 unspecified atom stereocenters. The standard InChI is InChI=1S/C24H24N2O2/c1-2-28-23-15-13-21(14-16-23)24(27)26-25-22(17-19-9-5-3-6-10-19)18-20-11-7-4-8-12-20/h3-16H,2,17-18H2,1H3,(H,26,27). The van der Waals surface area contributed by atoms with Crippen LogP contribution in [0.25, 0.3) is 0 Å². The normalized spacial score (nSPS) is 10.2. The predicted molar refractivity (Wildman–Crippen MR) is 113 cm³/mol. The van der Waals surface area contributed by atoms with E-state index in [9.17, 15) is 4.79 Å². The molecule has 0 heterocycles. The summed E-state index contributed by atoms with van der Waals surface area (Å²) in [5.41, 5.74) is 6.47. The van der Waals surface area contributed by atoms with E-state index in [-0.39, 0.29) is 5.91 Å². The molecule has 3 aromatic carbocycles. The zero-order chi connectivity index (χ0) is 19.6. The van der Waals surface area contributed by atoms with Gasteiger partial charge in [0, 0.05) is 24.1 Å². The summed E-state index contributed by atoms with van der Waals surface area (Å²) in [6, 6.07) is 27.3. The van der Waals surface area contributed by atoms with Gasteiger partial charge in [-0.2, -0.15) is 5.10 Å². The second-order valence-electron chi connectivity index (χ2n) is 6.40. The van der Waals surface area contributed by atoms with Gasteiger partial charge in [0.2, 0.25) is 0 Å². The average molecular weight is 372 g/mol. The molecule has 0 bridgehead atoms. The van der Waals surface area contributed by atoms with E-state index in [4.69, 9.17) is 4.74 Å². The summed E-state index contributed by atoms with van der Waals surface area (Å²) in [6.45, 7) is 2.52. The zero-order valence-electron chi connectivity index (χ0n) is 16.0. The van der Waals surface area contributed by atoms with Crippen LogP contribution in [0.2, 0.25) is 0 Å². The summed E-state index contributed by atoms with van der Waals surface area (Å²) >= 11 is 0. The molecule has 4 heteroatoms. The number of carbonyl (C=O) groups excluding carboxylic acids is 1. The second-order valence-corrected chi connectivity index (χ2v) is 6.40. The van der Waals surface area contributed by atoms with Gasteiger partial charge >= 0.3 is 0 Å². The molecule has 0 radical (unpaired) electrons. The van der Waals surface area contributed by atoms with Gasteiger partial charge in [-0.05, 0) is 42.3 Å². The molecule has 0 aliphatic rings. The van der Waals surface area contributed by atoms with Gasteiger partial charge in [0.05, 0.1) is 6.61 Å². The van der Waals surface area contributed by atoms with Gasteiger partial charge in [-0.15, -0.1) is 0 Å². The van der Waals surface area contributed by atoms with Crippen molar-refractivity contribution in [3.63, 3.8) is 0 Å². The molecule has 0 aromatic heterocycles. The van der Waals surface area contributed by atoms with Crippen LogP contribution in [0.1, 0.15) is 28.4 Å². The summed E-state index contributed by atoms with van der Waals surface area (Å²) in [6.07, 6.45) is 1.36. The minimum atomic E-state index is -0.235. The Labute approximate surface area is 165 Å². The van der Waals surface area contributed by atoms with E-state index in [1.165, 1.54) is 0 Å². The van der Waals surface area contributed by atoms with Crippen molar-refractivity contribution >= 4 is 11.6 Å². The fraction of sp³-hybridized carbons (Fsp3) is 0.167. The molecule has 0 saturated heterocycles. The highest BCUT2D eigenvalue weighted by Gasteiger charge is 2.08. The number of rotatable bonds is 8. The minimum absolute atomic E-state index is 0.235. The number of carbonyl (C=O) groups is 1. The number of nitrogens with one attached hydrogen (secondary N) is 1. The van der Waals surface area contributed by atoms with Crippen LogP contribution in [0.5, 0.6) is 5.75 Å². The molecule has 4 nitrogen and oxygen atoms in total. The van der Waals surface area contributed by atoms with Crippen LogP contribution in [-0.2, 0) is 12.8 Å². The summed E-state index contributed by atoms with van der Waals surface area (Å²) in [7, 11) is 0. The van der Waals surface area contributed by atoms with Crippen molar-refractivity contribution < 1.29 is 9.53 Å². The van der Waals surface area contributed by atoms with E-state index in [2.05, 4.69) is 34.8 Å². The van der Waals surface area contributed by atoms with Gasteiger partial charge in [-0.25, -0.2) is 5.43 Å². The summed E-state index contributed by atoms with van der Waals surface area (Å²) < 4.78 is 5.41. The van der Waals surface area contributed by atoms with Crippen molar-refractivity contribution in [3.8, 4) is 5.75 Å². The Morgan fingerprint density at radius 1 is 0.821 bits per heavy atom. The number of hydrazone groups is 1. The minimum Gasteiger partial charge on any atom is -0.494 e. The third-order valence-corrected chi connectivity index (χ3v) is 4.25. The van der Waals surface area contributed by atoms with Crippen molar-refractivity contribution in [2.75, 3.05) is 6.61 Å². The van der Waals surface area contributed by atoms with E-state index in [0.717, 1.165) is 22.6 Å². The largest absolute Gasteiger partial charge is 0.494 e. The second kappa shape index (κ2) is 10.1. The number of hydrogen-bond acceptors (Lipinski definition) is 3. The van der Waals surface area contributed by atoms with E-state index in [0.29, 0.717) is 25.0 Å². The van der Waals surface area contributed by atoms with E-state index in [1.54, 1.807) is 24.3 Å². The van der Waals surface area contributed by atoms with Crippen molar-refractivity contribution in [2.45, 2.75) is 19.8 Å². The molecular formula is C24H24N2O2. The van der Waals surface area contributed by atoms with E-state index in [1.807, 2.05) is 43.3 Å². The predicted octanol–water partition coefficient (Wildman–Crippen LogP) is 4.66. The lowest BCUT2D eigenvalue weighted by molar-refractivity contribution is 0.0954. The molecule has 28 heavy (non-hydrogen) atoms. The first-order chi connectivity index (χ1) is 13.7. The molecular weight excluding hydrogens is 348 g/mol. The van der Waals surface area contributed by atoms with E-state index < -0.39 is 0 Å². The number of amides is 1. The highest BCUT2D eigenvalue weighted by Crippen LogP contribution is 2.12. The first-order valence-electron chi connectivity index (χ1n) is 9.41. The van der Waals surface area contributed by atoms with Gasteiger partial charge in [-0.3, -0.25) is 4.79 Å². The Hall–Kier alpha value is -3.40. The van der Waals surface area contributed by atoms with Crippen molar-refractivity contribution in [1.29, 1.82) is 0 Å². The number of benzene rings is 3. The first kappa shape index (κ1) is 19.4. The maximum Gasteiger partial charge on any atom is 0.271 e. The highest BCUT2D eigenvalue weighted by atomic mass is 16.5. The van der Waals surface area contributed by atoms with Crippen LogP contribution in [0, 0.1) is 0 Å². The topological polar surface area (TPSA) is 50.7 Å². The Morgan fingerprint density at radius 3 is 1.86 bits per heavy atom. The average Bonchev–Trinajstić information content (AvgIpc) is 2.74. The fourth-order valence-corrected chi connectivity index (χ4v) is 2.87. The SMILES string of the molecule is CCOc1ccc(C(=O)NN=C(Cc2ccccc2)Cc2ccccc2)cc1. The van der Waals surface area contributed by atoms with Gasteiger partial charge in [0.1, 0.15) is 5.75 Å². The first-order valence-corrected chi connectivity index (χ1v) is 9.41. The van der Waals surface area contributed by atoms with Crippen molar-refractivity contribution in [3.05, 3.63) is 102 Å². The quantitative estimate of drug-likeness (QED) is 0.462. The summed E-state index contributed by atoms with van der Waals surface area (Å²) in [5.74, 6) is 0.512. The zero-order valence-corrected chi connectivity index (χ0v) is 16.0. The third kappa shape index (κ3) is 5.81. The molecule has 3 rings (SSSR count). The van der Waals surface area contributed by atoms with Gasteiger partial charge < -0.3 is 4.74 Å². The molecule has 0 saturated carbocycles. The van der Waals surface area contributed by atoms with Crippen LogP contribution in [0.15, 0.2) is 90.0 Å². The smallest absolute Gasteiger partial charge is 0.271 e. The molecule has 0 atom stereocenters. The van der Waals surface area contributed by atoms with Crippen LogP contribution in [0.3, 0.4) is 0 Å². The van der Waals surface area contributed by atoms with E-state index >= 15 is 0 Å². The Balaban J connectivity index is 1.72. The van der Waals surface area contributed by atoms with Gasteiger partial charge in [0.15, 0.2) is 0 Å². The van der Waals surface area contributed by atoms with Crippen molar-refractivity contribution in [1.82, 2.24) is 5.43 Å². The molecule has 3 aromatic rings. The maximum absolute atomic E-state index is 12.5. The lowest BCUT2D eigenvalue weighted by Crippen LogP contribution is -2.21. The fourth-order valence-electron chi connectivity index (χ4n) is 2.87.